The molecule has 1 N–H and O–H groups in total. The van der Waals surface area contributed by atoms with E-state index in [2.05, 4.69) is 10.3 Å². The highest BCUT2D eigenvalue weighted by molar-refractivity contribution is 7.89. The lowest BCUT2D eigenvalue weighted by molar-refractivity contribution is 0.358. The molecule has 0 fully saturated rings. The molecule has 1 aromatic rings. The smallest absolute Gasteiger partial charge is 0.262 e. The van der Waals surface area contributed by atoms with Crippen molar-refractivity contribution in [1.82, 2.24) is 14.2 Å². The van der Waals surface area contributed by atoms with E-state index >= 15 is 0 Å². The summed E-state index contributed by atoms with van der Waals surface area (Å²) in [5.74, 6) is 0. The summed E-state index contributed by atoms with van der Waals surface area (Å²) in [6.45, 7) is 3.84. The van der Waals surface area contributed by atoms with Gasteiger partial charge >= 0.3 is 0 Å². The fraction of sp³-hybridized carbons (Fsp3) is 0.615. The zero-order valence-electron chi connectivity index (χ0n) is 12.6. The number of hydrogen-bond acceptors (Lipinski definition) is 5. The van der Waals surface area contributed by atoms with Crippen molar-refractivity contribution in [2.75, 3.05) is 46.1 Å². The van der Waals surface area contributed by atoms with Gasteiger partial charge < -0.3 is 10.2 Å². The molecule has 0 aliphatic rings. The number of likely N-dealkylation sites (N-methyl/N-ethyl adjacent to an activating group) is 2. The number of hydrogen-bond donors (Lipinski definition) is 1. The Labute approximate surface area is 121 Å². The van der Waals surface area contributed by atoms with Gasteiger partial charge in [0.1, 0.15) is 0 Å². The van der Waals surface area contributed by atoms with Crippen molar-refractivity contribution in [2.24, 2.45) is 0 Å². The average Bonchev–Trinajstić information content (AvgIpc) is 2.42. The molecule has 0 atom stereocenters. The third-order valence-electron chi connectivity index (χ3n) is 2.85. The van der Waals surface area contributed by atoms with E-state index in [0.717, 1.165) is 13.0 Å². The van der Waals surface area contributed by atoms with Gasteiger partial charge in [0.05, 0.1) is 5.69 Å². The molecule has 0 amide bonds. The van der Waals surface area contributed by atoms with Crippen LogP contribution in [0.3, 0.4) is 0 Å². The first-order chi connectivity index (χ1) is 9.39. The van der Waals surface area contributed by atoms with E-state index in [1.165, 1.54) is 10.5 Å². The third-order valence-corrected chi connectivity index (χ3v) is 4.67. The van der Waals surface area contributed by atoms with Gasteiger partial charge in [-0.3, -0.25) is 0 Å². The normalized spacial score (nSPS) is 12.1. The number of rotatable bonds is 8. The minimum atomic E-state index is -3.56. The second kappa shape index (κ2) is 7.56. The summed E-state index contributed by atoms with van der Waals surface area (Å²) in [5.41, 5.74) is 0.561. The van der Waals surface area contributed by atoms with Crippen LogP contribution in [0.2, 0.25) is 0 Å². The molecular formula is C13H24N4O2S. The molecule has 0 saturated carbocycles. The number of anilines is 1. The summed E-state index contributed by atoms with van der Waals surface area (Å²) in [6.07, 6.45) is 2.43. The van der Waals surface area contributed by atoms with Gasteiger partial charge in [0.25, 0.3) is 10.0 Å². The summed E-state index contributed by atoms with van der Waals surface area (Å²) < 4.78 is 26.4. The maximum atomic E-state index is 12.5. The van der Waals surface area contributed by atoms with Crippen molar-refractivity contribution < 1.29 is 8.42 Å². The van der Waals surface area contributed by atoms with Crippen LogP contribution in [0.4, 0.5) is 5.69 Å². The Balaban J connectivity index is 2.96. The van der Waals surface area contributed by atoms with Crippen molar-refractivity contribution in [3.8, 4) is 0 Å². The van der Waals surface area contributed by atoms with Gasteiger partial charge in [-0.1, -0.05) is 6.92 Å². The maximum absolute atomic E-state index is 12.5. The van der Waals surface area contributed by atoms with E-state index < -0.39 is 10.0 Å². The van der Waals surface area contributed by atoms with Gasteiger partial charge in [-0.2, -0.15) is 4.31 Å². The Morgan fingerprint density at radius 2 is 1.95 bits per heavy atom. The summed E-state index contributed by atoms with van der Waals surface area (Å²) in [7, 11) is 1.84. The number of nitrogens with zero attached hydrogens (tertiary/aromatic N) is 3. The first kappa shape index (κ1) is 16.9. The predicted molar refractivity (Wildman–Crippen MR) is 81.4 cm³/mol. The van der Waals surface area contributed by atoms with Gasteiger partial charge in [0.2, 0.25) is 0 Å². The predicted octanol–water partition coefficient (Wildman–Crippen LogP) is 1.09. The Hall–Kier alpha value is -1.18. The number of sulfonamides is 1. The average molecular weight is 300 g/mol. The molecule has 7 heteroatoms. The minimum Gasteiger partial charge on any atom is -0.383 e. The summed E-state index contributed by atoms with van der Waals surface area (Å²) in [6, 6.07) is 3.48. The molecule has 1 heterocycles. The van der Waals surface area contributed by atoms with Crippen LogP contribution in [0, 0.1) is 0 Å². The van der Waals surface area contributed by atoms with Gasteiger partial charge in [-0.15, -0.1) is 0 Å². The standard InChI is InChI=1S/C13H24N4O2S/c1-5-8-14-12-7-6-9-15-13(12)20(18,19)17(4)11-10-16(2)3/h6-7,9,14H,5,8,10-11H2,1-4H3. The number of aromatic nitrogens is 1. The molecule has 0 aliphatic carbocycles. The summed E-state index contributed by atoms with van der Waals surface area (Å²) >= 11 is 0. The van der Waals surface area contributed by atoms with Crippen molar-refractivity contribution in [2.45, 2.75) is 18.4 Å². The van der Waals surface area contributed by atoms with Gasteiger partial charge in [0, 0.05) is 32.9 Å². The van der Waals surface area contributed by atoms with Crippen molar-refractivity contribution in [1.29, 1.82) is 0 Å². The van der Waals surface area contributed by atoms with E-state index in [1.807, 2.05) is 25.9 Å². The molecule has 1 aromatic heterocycles. The quantitative estimate of drug-likeness (QED) is 0.778. The zero-order valence-corrected chi connectivity index (χ0v) is 13.4. The molecule has 0 saturated heterocycles. The van der Waals surface area contributed by atoms with E-state index in [0.29, 0.717) is 18.8 Å². The largest absolute Gasteiger partial charge is 0.383 e. The van der Waals surface area contributed by atoms with Crippen LogP contribution in [0.15, 0.2) is 23.4 Å². The second-order valence-electron chi connectivity index (χ2n) is 4.91. The Morgan fingerprint density at radius 1 is 1.25 bits per heavy atom. The summed E-state index contributed by atoms with van der Waals surface area (Å²) in [4.78, 5) is 5.99. The van der Waals surface area contributed by atoms with E-state index in [-0.39, 0.29) is 5.03 Å². The van der Waals surface area contributed by atoms with Crippen molar-refractivity contribution >= 4 is 15.7 Å². The van der Waals surface area contributed by atoms with Crippen molar-refractivity contribution in [3.05, 3.63) is 18.3 Å². The van der Waals surface area contributed by atoms with Crippen LogP contribution in [0.1, 0.15) is 13.3 Å². The van der Waals surface area contributed by atoms with Gasteiger partial charge in [-0.25, -0.2) is 13.4 Å². The molecule has 0 spiro atoms. The molecule has 0 bridgehead atoms. The fourth-order valence-corrected chi connectivity index (χ4v) is 2.83. The molecule has 20 heavy (non-hydrogen) atoms. The topological polar surface area (TPSA) is 65.5 Å². The van der Waals surface area contributed by atoms with Crippen molar-refractivity contribution in [3.63, 3.8) is 0 Å². The van der Waals surface area contributed by atoms with Crippen LogP contribution < -0.4 is 5.32 Å². The van der Waals surface area contributed by atoms with Crippen LogP contribution in [-0.4, -0.2) is 63.4 Å². The lowest BCUT2D eigenvalue weighted by Gasteiger charge is -2.20. The fourth-order valence-electron chi connectivity index (χ4n) is 1.60. The van der Waals surface area contributed by atoms with Gasteiger partial charge in [-0.05, 0) is 32.6 Å². The SMILES string of the molecule is CCCNc1cccnc1S(=O)(=O)N(C)CCN(C)C. The van der Waals surface area contributed by atoms with E-state index in [1.54, 1.807) is 19.2 Å². The van der Waals surface area contributed by atoms with E-state index in [4.69, 9.17) is 0 Å². The molecule has 114 valence electrons. The third kappa shape index (κ3) is 4.43. The van der Waals surface area contributed by atoms with Crippen LogP contribution in [-0.2, 0) is 10.0 Å². The molecule has 6 nitrogen and oxygen atoms in total. The first-order valence-corrected chi connectivity index (χ1v) is 8.13. The van der Waals surface area contributed by atoms with Crippen LogP contribution in [0.5, 0.6) is 0 Å². The Bertz CT molecular complexity index is 517. The van der Waals surface area contributed by atoms with E-state index in [9.17, 15) is 8.42 Å². The number of nitrogens with one attached hydrogen (secondary N) is 1. The monoisotopic (exact) mass is 300 g/mol. The highest BCUT2D eigenvalue weighted by Gasteiger charge is 2.25. The second-order valence-corrected chi connectivity index (χ2v) is 6.87. The summed E-state index contributed by atoms with van der Waals surface area (Å²) in [5, 5.41) is 3.20. The van der Waals surface area contributed by atoms with Gasteiger partial charge in [0.15, 0.2) is 5.03 Å². The first-order valence-electron chi connectivity index (χ1n) is 6.69. The molecular weight excluding hydrogens is 276 g/mol. The highest BCUT2D eigenvalue weighted by atomic mass is 32.2. The highest BCUT2D eigenvalue weighted by Crippen LogP contribution is 2.21. The molecule has 0 aliphatic heterocycles. The Morgan fingerprint density at radius 3 is 2.55 bits per heavy atom. The maximum Gasteiger partial charge on any atom is 0.262 e. The Kier molecular flexibility index (Phi) is 6.38. The molecule has 0 aromatic carbocycles. The van der Waals surface area contributed by atoms with Crippen LogP contribution >= 0.6 is 0 Å². The molecule has 0 unspecified atom stereocenters. The molecule has 1 rings (SSSR count). The lowest BCUT2D eigenvalue weighted by atomic mass is 10.4. The molecule has 0 radical (unpaired) electrons. The zero-order chi connectivity index (χ0) is 15.2. The lowest BCUT2D eigenvalue weighted by Crippen LogP contribution is -2.34. The minimum absolute atomic E-state index is 0.0923. The van der Waals surface area contributed by atoms with Crippen LogP contribution in [0.25, 0.3) is 0 Å². The number of pyridine rings is 1.